The third kappa shape index (κ3) is 0.512. The number of rotatable bonds is 0. The minimum absolute atomic E-state index is 0.135. The predicted molar refractivity (Wildman–Crippen MR) is 46.2 cm³/mol. The van der Waals surface area contributed by atoms with Crippen LogP contribution in [-0.4, -0.2) is 9.13 Å². The number of imidazole rings is 1. The molecule has 1 aromatic heterocycles. The lowest BCUT2D eigenvalue weighted by atomic mass is 10.3. The van der Waals surface area contributed by atoms with Crippen molar-refractivity contribution in [1.29, 1.82) is 0 Å². The second-order valence-corrected chi connectivity index (χ2v) is 3.07. The lowest BCUT2D eigenvalue weighted by Gasteiger charge is -2.03. The lowest BCUT2D eigenvalue weighted by molar-refractivity contribution is 0.690. The van der Waals surface area contributed by atoms with Gasteiger partial charge in [0.2, 0.25) is 0 Å². The molecule has 2 aromatic rings. The van der Waals surface area contributed by atoms with E-state index >= 15 is 0 Å². The van der Waals surface area contributed by atoms with E-state index in [2.05, 4.69) is 0 Å². The Hall–Kier alpha value is -1.51. The van der Waals surface area contributed by atoms with E-state index in [-0.39, 0.29) is 5.69 Å². The van der Waals surface area contributed by atoms with E-state index in [0.29, 0.717) is 0 Å². The summed E-state index contributed by atoms with van der Waals surface area (Å²) >= 11 is 0. The molecule has 0 atom stereocenters. The fourth-order valence-corrected chi connectivity index (χ4v) is 1.90. The predicted octanol–water partition coefficient (Wildman–Crippen LogP) is 0.817. The summed E-state index contributed by atoms with van der Waals surface area (Å²) in [7, 11) is 0. The number of para-hydroxylation sites is 2. The third-order valence-electron chi connectivity index (χ3n) is 2.47. The van der Waals surface area contributed by atoms with Gasteiger partial charge in [-0.1, -0.05) is 12.1 Å². The van der Waals surface area contributed by atoms with Crippen LogP contribution >= 0.6 is 0 Å². The minimum Gasteiger partial charge on any atom is -0.290 e. The topological polar surface area (TPSA) is 26.9 Å². The van der Waals surface area contributed by atoms with Crippen molar-refractivity contribution in [3.63, 3.8) is 0 Å². The Bertz CT molecular complexity index is 463. The third-order valence-corrected chi connectivity index (χ3v) is 2.47. The Morgan fingerprint density at radius 3 is 2.00 bits per heavy atom. The molecular formula is C9H8N2O. The van der Waals surface area contributed by atoms with Gasteiger partial charge in [0, 0.05) is 13.1 Å². The van der Waals surface area contributed by atoms with Crippen LogP contribution in [0.15, 0.2) is 29.1 Å². The molecule has 12 heavy (non-hydrogen) atoms. The number of aromatic nitrogens is 2. The number of hydrogen-bond acceptors (Lipinski definition) is 1. The Labute approximate surface area is 68.8 Å². The molecule has 0 amide bonds. The molecule has 1 aliphatic rings. The maximum atomic E-state index is 11.5. The van der Waals surface area contributed by atoms with Crippen molar-refractivity contribution in [2.75, 3.05) is 0 Å². The fourth-order valence-electron chi connectivity index (χ4n) is 1.90. The van der Waals surface area contributed by atoms with Crippen molar-refractivity contribution in [1.82, 2.24) is 9.13 Å². The van der Waals surface area contributed by atoms with E-state index in [1.54, 1.807) is 0 Å². The Morgan fingerprint density at radius 2 is 1.50 bits per heavy atom. The molecule has 0 aliphatic carbocycles. The first kappa shape index (κ1) is 6.06. The number of fused-ring (bicyclic) bond motifs is 5. The molecule has 3 nitrogen and oxygen atoms in total. The van der Waals surface area contributed by atoms with Crippen molar-refractivity contribution in [3.05, 3.63) is 34.7 Å². The minimum atomic E-state index is 0.135. The molecule has 2 bridgehead atoms. The summed E-state index contributed by atoms with van der Waals surface area (Å²) in [5, 5.41) is 0. The Balaban J connectivity index is 2.67. The van der Waals surface area contributed by atoms with Gasteiger partial charge >= 0.3 is 5.69 Å². The van der Waals surface area contributed by atoms with E-state index in [1.165, 1.54) is 0 Å². The zero-order chi connectivity index (χ0) is 8.13. The summed E-state index contributed by atoms with van der Waals surface area (Å²) in [6.07, 6.45) is 0. The van der Waals surface area contributed by atoms with Gasteiger partial charge in [-0.3, -0.25) is 9.13 Å². The van der Waals surface area contributed by atoms with Crippen LogP contribution in [0.25, 0.3) is 11.0 Å². The number of hydrogen-bond donors (Lipinski definition) is 0. The van der Waals surface area contributed by atoms with Crippen molar-refractivity contribution in [2.45, 2.75) is 13.1 Å². The molecule has 60 valence electrons. The molecule has 2 heterocycles. The van der Waals surface area contributed by atoms with Gasteiger partial charge in [0.15, 0.2) is 0 Å². The van der Waals surface area contributed by atoms with Crippen molar-refractivity contribution < 1.29 is 0 Å². The number of benzene rings is 1. The first-order valence-corrected chi connectivity index (χ1v) is 4.06. The van der Waals surface area contributed by atoms with E-state index < -0.39 is 0 Å². The molecule has 0 saturated heterocycles. The SMILES string of the molecule is O=c1n2c3ccccc3n1CC2. The molecule has 0 radical (unpaired) electrons. The Morgan fingerprint density at radius 1 is 1.00 bits per heavy atom. The summed E-state index contributed by atoms with van der Waals surface area (Å²) in [5.74, 6) is 0. The first-order valence-electron chi connectivity index (χ1n) is 4.06. The molecule has 0 N–H and O–H groups in total. The second-order valence-electron chi connectivity index (χ2n) is 3.07. The van der Waals surface area contributed by atoms with Crippen molar-refractivity contribution >= 4 is 11.0 Å². The molecule has 0 saturated carbocycles. The summed E-state index contributed by atoms with van der Waals surface area (Å²) in [6.45, 7) is 1.69. The van der Waals surface area contributed by atoms with Gasteiger partial charge in [0.1, 0.15) is 0 Å². The molecule has 1 aliphatic heterocycles. The second kappa shape index (κ2) is 1.80. The van der Waals surface area contributed by atoms with Gasteiger partial charge in [-0.15, -0.1) is 0 Å². The Kier molecular flexibility index (Phi) is 0.909. The van der Waals surface area contributed by atoms with Gasteiger partial charge in [0.25, 0.3) is 0 Å². The summed E-state index contributed by atoms with van der Waals surface area (Å²) in [6, 6.07) is 7.92. The maximum absolute atomic E-state index is 11.5. The normalized spacial score (nSPS) is 14.3. The summed E-state index contributed by atoms with van der Waals surface area (Å²) < 4.78 is 3.66. The molecule has 1 aromatic carbocycles. The van der Waals surface area contributed by atoms with Crippen molar-refractivity contribution in [3.8, 4) is 0 Å². The highest BCUT2D eigenvalue weighted by Crippen LogP contribution is 2.16. The van der Waals surface area contributed by atoms with E-state index in [4.69, 9.17) is 0 Å². The molecule has 3 rings (SSSR count). The van der Waals surface area contributed by atoms with E-state index in [1.807, 2.05) is 33.4 Å². The highest BCUT2D eigenvalue weighted by Gasteiger charge is 2.17. The van der Waals surface area contributed by atoms with E-state index in [9.17, 15) is 4.79 Å². The first-order chi connectivity index (χ1) is 5.88. The molecular weight excluding hydrogens is 152 g/mol. The van der Waals surface area contributed by atoms with Crippen LogP contribution in [0.3, 0.4) is 0 Å². The smallest absolute Gasteiger partial charge is 0.290 e. The van der Waals surface area contributed by atoms with Gasteiger partial charge in [0.05, 0.1) is 11.0 Å². The fraction of sp³-hybridized carbons (Fsp3) is 0.222. The molecule has 3 heteroatoms. The highest BCUT2D eigenvalue weighted by atomic mass is 16.2. The summed E-state index contributed by atoms with van der Waals surface area (Å²) in [5.41, 5.74) is 2.26. The largest absolute Gasteiger partial charge is 0.329 e. The average Bonchev–Trinajstić information content (AvgIpc) is 2.61. The van der Waals surface area contributed by atoms with Gasteiger partial charge < -0.3 is 0 Å². The van der Waals surface area contributed by atoms with Crippen LogP contribution in [0.4, 0.5) is 0 Å². The molecule has 0 fully saturated rings. The van der Waals surface area contributed by atoms with Crippen LogP contribution in [0.1, 0.15) is 0 Å². The zero-order valence-corrected chi connectivity index (χ0v) is 6.53. The standard InChI is InChI=1S/C9H8N2O/c12-9-10-5-6-11(9)8-4-2-1-3-7(8)10/h1-4H,5-6H2. The highest BCUT2D eigenvalue weighted by molar-refractivity contribution is 5.76. The van der Waals surface area contributed by atoms with E-state index in [0.717, 1.165) is 24.1 Å². The quantitative estimate of drug-likeness (QED) is 0.560. The monoisotopic (exact) mass is 160 g/mol. The van der Waals surface area contributed by atoms with Crippen LogP contribution in [-0.2, 0) is 13.1 Å². The van der Waals surface area contributed by atoms with Gasteiger partial charge in [-0.25, -0.2) is 4.79 Å². The number of nitrogens with zero attached hydrogens (tertiary/aromatic N) is 2. The van der Waals surface area contributed by atoms with Crippen LogP contribution < -0.4 is 5.69 Å². The van der Waals surface area contributed by atoms with Crippen molar-refractivity contribution in [2.24, 2.45) is 0 Å². The molecule has 0 spiro atoms. The lowest BCUT2D eigenvalue weighted by Crippen LogP contribution is -2.11. The maximum Gasteiger partial charge on any atom is 0.329 e. The van der Waals surface area contributed by atoms with Crippen LogP contribution in [0.2, 0.25) is 0 Å². The van der Waals surface area contributed by atoms with Crippen LogP contribution in [0.5, 0.6) is 0 Å². The zero-order valence-electron chi connectivity index (χ0n) is 6.53. The van der Waals surface area contributed by atoms with Gasteiger partial charge in [-0.05, 0) is 12.1 Å². The van der Waals surface area contributed by atoms with Crippen LogP contribution in [0, 0.1) is 0 Å². The average molecular weight is 160 g/mol. The van der Waals surface area contributed by atoms with Gasteiger partial charge in [-0.2, -0.15) is 0 Å². The molecule has 0 unspecified atom stereocenters. The summed E-state index contributed by atoms with van der Waals surface area (Å²) in [4.78, 5) is 11.5. The number of aryl methyl sites for hydroxylation is 2.